The molecule has 0 N–H and O–H groups in total. The van der Waals surface area contributed by atoms with E-state index < -0.39 is 0 Å². The molecule has 8 aromatic rings. The van der Waals surface area contributed by atoms with E-state index in [1.54, 1.807) is 0 Å². The van der Waals surface area contributed by atoms with Crippen molar-refractivity contribution in [2.45, 2.75) is 12.5 Å². The largest absolute Gasteiger partial charge is 0.333 e. The molecule has 2 nitrogen and oxygen atoms in total. The zero-order valence-electron chi connectivity index (χ0n) is 23.5. The minimum absolute atomic E-state index is 0.227. The Morgan fingerprint density at radius 2 is 1.35 bits per heavy atom. The first kappa shape index (κ1) is 24.5. The van der Waals surface area contributed by atoms with E-state index >= 15 is 0 Å². The van der Waals surface area contributed by atoms with Gasteiger partial charge in [0.05, 0.1) is 21.9 Å². The molecule has 0 radical (unpaired) electrons. The number of para-hydroxylation sites is 2. The third-order valence-electron chi connectivity index (χ3n) is 8.89. The maximum absolute atomic E-state index is 2.54. The highest BCUT2D eigenvalue weighted by atomic mass is 32.1. The molecule has 0 amide bonds. The summed E-state index contributed by atoms with van der Waals surface area (Å²) >= 11 is 1.88. The standard InChI is InChI=1S/C40H28N2S/c1-2-12-28(13-3-1)41(37-19-10-17-33-32-15-7-9-20-38(32)43-40(33)37)29-22-24-30(25-23-29)42-35-18-8-6-16-34(35)39-31-14-5-4-11-27(31)21-26-36(39)42/h1-24,26,30H,25H2. The number of hydrogen-bond donors (Lipinski definition) is 0. The summed E-state index contributed by atoms with van der Waals surface area (Å²) in [5.41, 5.74) is 6.18. The Labute approximate surface area is 254 Å². The van der Waals surface area contributed by atoms with Gasteiger partial charge >= 0.3 is 0 Å². The molecule has 6 aromatic carbocycles. The van der Waals surface area contributed by atoms with Crippen LogP contribution in [0.2, 0.25) is 0 Å². The number of benzene rings is 6. The number of rotatable bonds is 4. The second-order valence-corrected chi connectivity index (χ2v) is 12.3. The maximum atomic E-state index is 2.54. The van der Waals surface area contributed by atoms with Crippen LogP contribution < -0.4 is 4.90 Å². The Hall–Kier alpha value is -5.12. The van der Waals surface area contributed by atoms with Crippen LogP contribution in [0.3, 0.4) is 0 Å². The van der Waals surface area contributed by atoms with Gasteiger partial charge < -0.3 is 9.47 Å². The molecule has 1 unspecified atom stereocenters. The molecule has 1 atom stereocenters. The molecule has 9 rings (SSSR count). The molecule has 43 heavy (non-hydrogen) atoms. The molecule has 0 saturated carbocycles. The molecule has 0 saturated heterocycles. The van der Waals surface area contributed by atoms with Gasteiger partial charge in [-0.1, -0.05) is 109 Å². The summed E-state index contributed by atoms with van der Waals surface area (Å²) in [6.45, 7) is 0. The first-order chi connectivity index (χ1) is 21.3. The van der Waals surface area contributed by atoms with Crippen LogP contribution in [0.4, 0.5) is 11.4 Å². The lowest BCUT2D eigenvalue weighted by molar-refractivity contribution is 0.643. The number of aromatic nitrogens is 1. The van der Waals surface area contributed by atoms with Gasteiger partial charge in [-0.05, 0) is 59.7 Å². The van der Waals surface area contributed by atoms with Gasteiger partial charge in [0.2, 0.25) is 0 Å². The average molecular weight is 569 g/mol. The predicted octanol–water partition coefficient (Wildman–Crippen LogP) is 11.5. The lowest BCUT2D eigenvalue weighted by Gasteiger charge is -2.30. The highest BCUT2D eigenvalue weighted by Crippen LogP contribution is 2.44. The van der Waals surface area contributed by atoms with Crippen molar-refractivity contribution in [3.05, 3.63) is 157 Å². The number of hydrogen-bond acceptors (Lipinski definition) is 2. The third kappa shape index (κ3) is 3.78. The van der Waals surface area contributed by atoms with Gasteiger partial charge in [0.1, 0.15) is 0 Å². The van der Waals surface area contributed by atoms with E-state index in [0.29, 0.717) is 0 Å². The summed E-state index contributed by atoms with van der Waals surface area (Å²) in [5, 5.41) is 7.91. The van der Waals surface area contributed by atoms with Crippen LogP contribution in [0.25, 0.3) is 52.8 Å². The maximum Gasteiger partial charge on any atom is 0.0640 e. The second-order valence-electron chi connectivity index (χ2n) is 11.3. The minimum atomic E-state index is 0.227. The second kappa shape index (κ2) is 9.72. The Kier molecular flexibility index (Phi) is 5.53. The minimum Gasteiger partial charge on any atom is -0.333 e. The molecule has 3 heteroatoms. The highest BCUT2D eigenvalue weighted by molar-refractivity contribution is 7.26. The molecule has 2 aromatic heterocycles. The molecular formula is C40H28N2S. The first-order valence-corrected chi connectivity index (χ1v) is 15.7. The first-order valence-electron chi connectivity index (χ1n) is 14.9. The quantitative estimate of drug-likeness (QED) is 0.205. The monoisotopic (exact) mass is 568 g/mol. The molecule has 1 aliphatic carbocycles. The lowest BCUT2D eigenvalue weighted by atomic mass is 10.0. The van der Waals surface area contributed by atoms with E-state index in [9.17, 15) is 0 Å². The number of anilines is 2. The van der Waals surface area contributed by atoms with Crippen molar-refractivity contribution in [1.82, 2.24) is 4.57 Å². The van der Waals surface area contributed by atoms with Gasteiger partial charge in [0, 0.05) is 43.1 Å². The summed E-state index contributed by atoms with van der Waals surface area (Å²) in [5.74, 6) is 0. The van der Waals surface area contributed by atoms with Crippen molar-refractivity contribution in [2.24, 2.45) is 0 Å². The molecule has 2 heterocycles. The van der Waals surface area contributed by atoms with Crippen LogP contribution in [-0.2, 0) is 0 Å². The predicted molar refractivity (Wildman–Crippen MR) is 186 cm³/mol. The summed E-state index contributed by atoms with van der Waals surface area (Å²) in [6, 6.07) is 48.7. The van der Waals surface area contributed by atoms with Crippen molar-refractivity contribution in [1.29, 1.82) is 0 Å². The summed E-state index contributed by atoms with van der Waals surface area (Å²) in [4.78, 5) is 2.43. The Morgan fingerprint density at radius 1 is 0.605 bits per heavy atom. The fourth-order valence-electron chi connectivity index (χ4n) is 6.99. The van der Waals surface area contributed by atoms with E-state index in [2.05, 4.69) is 161 Å². The van der Waals surface area contributed by atoms with Crippen LogP contribution >= 0.6 is 11.3 Å². The van der Waals surface area contributed by atoms with E-state index in [1.165, 1.54) is 69.8 Å². The van der Waals surface area contributed by atoms with Crippen molar-refractivity contribution in [3.63, 3.8) is 0 Å². The van der Waals surface area contributed by atoms with Crippen molar-refractivity contribution < 1.29 is 0 Å². The fourth-order valence-corrected chi connectivity index (χ4v) is 8.20. The van der Waals surface area contributed by atoms with Crippen LogP contribution in [0.5, 0.6) is 0 Å². The van der Waals surface area contributed by atoms with E-state index in [4.69, 9.17) is 0 Å². The number of fused-ring (bicyclic) bond motifs is 8. The van der Waals surface area contributed by atoms with Gasteiger partial charge in [0.25, 0.3) is 0 Å². The Bertz CT molecular complexity index is 2390. The van der Waals surface area contributed by atoms with Crippen molar-refractivity contribution >= 4 is 75.5 Å². The van der Waals surface area contributed by atoms with Crippen LogP contribution in [0, 0.1) is 0 Å². The van der Waals surface area contributed by atoms with E-state index in [1.807, 2.05) is 11.3 Å². The van der Waals surface area contributed by atoms with Gasteiger partial charge in [-0.15, -0.1) is 11.3 Å². The molecule has 0 fully saturated rings. The van der Waals surface area contributed by atoms with E-state index in [0.717, 1.165) is 6.42 Å². The van der Waals surface area contributed by atoms with Crippen LogP contribution in [0.15, 0.2) is 157 Å². The number of thiophene rings is 1. The van der Waals surface area contributed by atoms with Gasteiger partial charge in [-0.2, -0.15) is 0 Å². The Balaban J connectivity index is 1.18. The van der Waals surface area contributed by atoms with Crippen LogP contribution in [-0.4, -0.2) is 4.57 Å². The topological polar surface area (TPSA) is 8.17 Å². The van der Waals surface area contributed by atoms with Crippen molar-refractivity contribution in [3.8, 4) is 0 Å². The van der Waals surface area contributed by atoms with E-state index in [-0.39, 0.29) is 6.04 Å². The molecule has 1 aliphatic rings. The SMILES string of the molecule is C1=CC(n2c3ccccc3c3c4ccccc4ccc32)CC=C1N(c1ccccc1)c1cccc2c1sc1ccccc12. The van der Waals surface area contributed by atoms with Gasteiger partial charge in [-0.3, -0.25) is 0 Å². The average Bonchev–Trinajstić information content (AvgIpc) is 3.63. The van der Waals surface area contributed by atoms with Crippen LogP contribution in [0.1, 0.15) is 12.5 Å². The molecule has 204 valence electrons. The normalized spacial score (nSPS) is 15.2. The van der Waals surface area contributed by atoms with Gasteiger partial charge in [0.15, 0.2) is 0 Å². The third-order valence-corrected chi connectivity index (χ3v) is 10.1. The molecular weight excluding hydrogens is 541 g/mol. The highest BCUT2D eigenvalue weighted by Gasteiger charge is 2.23. The number of allylic oxidation sites excluding steroid dienone is 3. The zero-order valence-corrected chi connectivity index (χ0v) is 24.3. The van der Waals surface area contributed by atoms with Crippen molar-refractivity contribution in [2.75, 3.05) is 4.90 Å². The fraction of sp³-hybridized carbons (Fsp3) is 0.0500. The number of nitrogens with zero attached hydrogens (tertiary/aromatic N) is 2. The molecule has 0 spiro atoms. The lowest BCUT2D eigenvalue weighted by Crippen LogP contribution is -2.18. The summed E-state index contributed by atoms with van der Waals surface area (Å²) < 4.78 is 5.18. The summed E-state index contributed by atoms with van der Waals surface area (Å²) in [6.07, 6.45) is 8.07. The zero-order chi connectivity index (χ0) is 28.3. The smallest absolute Gasteiger partial charge is 0.0640 e. The van der Waals surface area contributed by atoms with Gasteiger partial charge in [-0.25, -0.2) is 0 Å². The Morgan fingerprint density at radius 3 is 2.21 bits per heavy atom. The molecule has 0 bridgehead atoms. The molecule has 0 aliphatic heterocycles. The summed E-state index contributed by atoms with van der Waals surface area (Å²) in [7, 11) is 0.